The molecule has 18 heavy (non-hydrogen) atoms. The number of rotatable bonds is 3. The van der Waals surface area contributed by atoms with Crippen molar-refractivity contribution in [2.24, 2.45) is 5.73 Å². The molecule has 0 aliphatic rings. The van der Waals surface area contributed by atoms with Crippen LogP contribution in [0.4, 0.5) is 0 Å². The van der Waals surface area contributed by atoms with Gasteiger partial charge in [0.1, 0.15) is 11.5 Å². The van der Waals surface area contributed by atoms with Crippen molar-refractivity contribution in [2.75, 3.05) is 0 Å². The minimum absolute atomic E-state index is 0.0724. The minimum Gasteiger partial charge on any atom is -0.456 e. The summed E-state index contributed by atoms with van der Waals surface area (Å²) in [7, 11) is 0. The van der Waals surface area contributed by atoms with E-state index >= 15 is 0 Å². The lowest BCUT2D eigenvalue weighted by atomic mass is 10.2. The van der Waals surface area contributed by atoms with Gasteiger partial charge in [-0.1, -0.05) is 11.6 Å². The van der Waals surface area contributed by atoms with Gasteiger partial charge in [-0.2, -0.15) is 0 Å². The second-order valence-corrected chi connectivity index (χ2v) is 4.63. The molecular formula is C14H15ClN2O. The fraction of sp³-hybridized carbons (Fsp3) is 0.214. The molecule has 0 bridgehead atoms. The first kappa shape index (κ1) is 12.9. The first-order chi connectivity index (χ1) is 8.56. The van der Waals surface area contributed by atoms with Crippen molar-refractivity contribution in [3.05, 3.63) is 52.8 Å². The molecule has 4 heteroatoms. The van der Waals surface area contributed by atoms with E-state index in [0.29, 0.717) is 5.75 Å². The molecule has 1 aromatic heterocycles. The molecule has 3 nitrogen and oxygen atoms in total. The Morgan fingerprint density at radius 3 is 2.50 bits per heavy atom. The lowest BCUT2D eigenvalue weighted by Gasteiger charge is -2.08. The Kier molecular flexibility index (Phi) is 3.84. The molecule has 94 valence electrons. The van der Waals surface area contributed by atoms with Gasteiger partial charge in [0.2, 0.25) is 0 Å². The van der Waals surface area contributed by atoms with Gasteiger partial charge >= 0.3 is 0 Å². The molecule has 1 atom stereocenters. The van der Waals surface area contributed by atoms with E-state index in [1.807, 2.05) is 44.2 Å². The number of benzene rings is 1. The zero-order valence-electron chi connectivity index (χ0n) is 10.4. The number of halogens is 1. The normalized spacial score (nSPS) is 12.2. The topological polar surface area (TPSA) is 48.1 Å². The van der Waals surface area contributed by atoms with Crippen molar-refractivity contribution in [1.82, 2.24) is 4.98 Å². The maximum absolute atomic E-state index is 5.96. The fourth-order valence-corrected chi connectivity index (χ4v) is 1.66. The third-order valence-corrected chi connectivity index (χ3v) is 3.01. The maximum atomic E-state index is 5.96. The van der Waals surface area contributed by atoms with Gasteiger partial charge in [0.05, 0.1) is 11.9 Å². The average molecular weight is 263 g/mol. The first-order valence-electron chi connectivity index (χ1n) is 5.72. The molecule has 0 amide bonds. The van der Waals surface area contributed by atoms with Crippen LogP contribution in [0.1, 0.15) is 24.2 Å². The largest absolute Gasteiger partial charge is 0.456 e. The Labute approximate surface area is 112 Å². The van der Waals surface area contributed by atoms with Crippen LogP contribution in [0.15, 0.2) is 36.5 Å². The van der Waals surface area contributed by atoms with Crippen LogP contribution < -0.4 is 10.5 Å². The summed E-state index contributed by atoms with van der Waals surface area (Å²) >= 11 is 5.96. The van der Waals surface area contributed by atoms with Crippen molar-refractivity contribution >= 4 is 11.6 Å². The molecular weight excluding hydrogens is 248 g/mol. The van der Waals surface area contributed by atoms with Gasteiger partial charge < -0.3 is 10.5 Å². The highest BCUT2D eigenvalue weighted by atomic mass is 35.5. The Morgan fingerprint density at radius 2 is 1.94 bits per heavy atom. The fourth-order valence-electron chi connectivity index (χ4n) is 1.54. The maximum Gasteiger partial charge on any atom is 0.145 e. The monoisotopic (exact) mass is 262 g/mol. The van der Waals surface area contributed by atoms with Gasteiger partial charge in [-0.3, -0.25) is 4.98 Å². The highest BCUT2D eigenvalue weighted by Crippen LogP contribution is 2.25. The number of hydrogen-bond donors (Lipinski definition) is 1. The Hall–Kier alpha value is -1.58. The van der Waals surface area contributed by atoms with Crippen molar-refractivity contribution in [3.63, 3.8) is 0 Å². The van der Waals surface area contributed by atoms with Crippen LogP contribution in [-0.4, -0.2) is 4.98 Å². The predicted octanol–water partition coefficient (Wildman–Crippen LogP) is 3.86. The van der Waals surface area contributed by atoms with Crippen molar-refractivity contribution < 1.29 is 4.74 Å². The van der Waals surface area contributed by atoms with Crippen molar-refractivity contribution in [2.45, 2.75) is 19.9 Å². The summed E-state index contributed by atoms with van der Waals surface area (Å²) in [6.45, 7) is 3.83. The quantitative estimate of drug-likeness (QED) is 0.914. The molecule has 0 aliphatic heterocycles. The standard InChI is InChI=1S/C14H15ClN2O/c1-9-7-11(3-5-13(9)15)18-12-4-6-14(10(2)16)17-8-12/h3-8,10H,16H2,1-2H3/t10-/m1/s1. The van der Waals surface area contributed by atoms with Crippen LogP contribution in [-0.2, 0) is 0 Å². The van der Waals surface area contributed by atoms with E-state index in [1.165, 1.54) is 0 Å². The van der Waals surface area contributed by atoms with E-state index in [2.05, 4.69) is 4.98 Å². The number of aromatic nitrogens is 1. The number of hydrogen-bond acceptors (Lipinski definition) is 3. The van der Waals surface area contributed by atoms with Gasteiger partial charge in [0.15, 0.2) is 0 Å². The van der Waals surface area contributed by atoms with E-state index in [9.17, 15) is 0 Å². The summed E-state index contributed by atoms with van der Waals surface area (Å²) in [5.74, 6) is 1.42. The molecule has 0 saturated heterocycles. The number of ether oxygens (including phenoxy) is 1. The second-order valence-electron chi connectivity index (χ2n) is 4.22. The summed E-state index contributed by atoms with van der Waals surface area (Å²) in [4.78, 5) is 4.24. The minimum atomic E-state index is -0.0724. The zero-order valence-corrected chi connectivity index (χ0v) is 11.1. The summed E-state index contributed by atoms with van der Waals surface area (Å²) in [5.41, 5.74) is 7.56. The van der Waals surface area contributed by atoms with Crippen LogP contribution in [0.25, 0.3) is 0 Å². The molecule has 1 aromatic carbocycles. The molecule has 2 N–H and O–H groups in total. The second kappa shape index (κ2) is 5.38. The van der Waals surface area contributed by atoms with Gasteiger partial charge in [-0.25, -0.2) is 0 Å². The summed E-state index contributed by atoms with van der Waals surface area (Å²) in [5, 5.41) is 0.729. The first-order valence-corrected chi connectivity index (χ1v) is 6.09. The molecule has 0 saturated carbocycles. The lowest BCUT2D eigenvalue weighted by molar-refractivity contribution is 0.479. The average Bonchev–Trinajstić information content (AvgIpc) is 2.34. The van der Waals surface area contributed by atoms with Crippen molar-refractivity contribution in [1.29, 1.82) is 0 Å². The predicted molar refractivity (Wildman–Crippen MR) is 73.1 cm³/mol. The highest BCUT2D eigenvalue weighted by molar-refractivity contribution is 6.31. The number of nitrogens with zero attached hydrogens (tertiary/aromatic N) is 1. The van der Waals surface area contributed by atoms with Crippen LogP contribution in [0, 0.1) is 6.92 Å². The van der Waals surface area contributed by atoms with E-state index < -0.39 is 0 Å². The number of aryl methyl sites for hydroxylation is 1. The molecule has 0 unspecified atom stereocenters. The van der Waals surface area contributed by atoms with E-state index in [-0.39, 0.29) is 6.04 Å². The van der Waals surface area contributed by atoms with Gasteiger partial charge in [0, 0.05) is 11.1 Å². The Balaban J connectivity index is 2.15. The molecule has 0 radical (unpaired) electrons. The Bertz CT molecular complexity index is 538. The van der Waals surface area contributed by atoms with Crippen LogP contribution in [0.2, 0.25) is 5.02 Å². The Morgan fingerprint density at radius 1 is 1.22 bits per heavy atom. The van der Waals surface area contributed by atoms with Crippen LogP contribution in [0.3, 0.4) is 0 Å². The van der Waals surface area contributed by atoms with Crippen LogP contribution in [0.5, 0.6) is 11.5 Å². The number of nitrogens with two attached hydrogens (primary N) is 1. The van der Waals surface area contributed by atoms with E-state index in [4.69, 9.17) is 22.1 Å². The third kappa shape index (κ3) is 3.00. The smallest absolute Gasteiger partial charge is 0.145 e. The van der Waals surface area contributed by atoms with Crippen molar-refractivity contribution in [3.8, 4) is 11.5 Å². The molecule has 0 aliphatic carbocycles. The van der Waals surface area contributed by atoms with E-state index in [0.717, 1.165) is 22.0 Å². The molecule has 2 rings (SSSR count). The molecule has 0 spiro atoms. The number of pyridine rings is 1. The van der Waals surface area contributed by atoms with Crippen LogP contribution >= 0.6 is 11.6 Å². The van der Waals surface area contributed by atoms with Gasteiger partial charge in [-0.05, 0) is 49.7 Å². The SMILES string of the molecule is Cc1cc(Oc2ccc([C@@H](C)N)nc2)ccc1Cl. The molecule has 2 aromatic rings. The highest BCUT2D eigenvalue weighted by Gasteiger charge is 2.03. The molecule has 0 fully saturated rings. The zero-order chi connectivity index (χ0) is 13.1. The third-order valence-electron chi connectivity index (χ3n) is 2.59. The van der Waals surface area contributed by atoms with Gasteiger partial charge in [-0.15, -0.1) is 0 Å². The van der Waals surface area contributed by atoms with Gasteiger partial charge in [0.25, 0.3) is 0 Å². The van der Waals surface area contributed by atoms with E-state index in [1.54, 1.807) is 6.20 Å². The lowest BCUT2D eigenvalue weighted by Crippen LogP contribution is -2.06. The summed E-state index contributed by atoms with van der Waals surface area (Å²) < 4.78 is 5.69. The summed E-state index contributed by atoms with van der Waals surface area (Å²) in [6, 6.07) is 9.18. The summed E-state index contributed by atoms with van der Waals surface area (Å²) in [6.07, 6.45) is 1.67. The molecule has 1 heterocycles.